The normalized spacial score (nSPS) is 10.4. The molecule has 94 valence electrons. The number of carbonyl (C=O) groups is 1. The number of anilines is 1. The number of hydrogen-bond donors (Lipinski definition) is 2. The molecule has 0 aliphatic heterocycles. The van der Waals surface area contributed by atoms with Crippen LogP contribution in [0.15, 0.2) is 18.2 Å². The molecular weight excluding hydrogens is 296 g/mol. The van der Waals surface area contributed by atoms with E-state index in [1.54, 1.807) is 13.0 Å². The molecule has 0 spiro atoms. The first-order valence-corrected chi connectivity index (χ1v) is 6.08. The number of aryl methyl sites for hydroxylation is 1. The topological polar surface area (TPSA) is 57.8 Å². The molecule has 7 heteroatoms. The molecule has 0 saturated carbocycles. The van der Waals surface area contributed by atoms with Gasteiger partial charge in [-0.1, -0.05) is 34.8 Å². The number of aromatic amines is 1. The number of rotatable bonds is 2. The fourth-order valence-electron chi connectivity index (χ4n) is 1.37. The van der Waals surface area contributed by atoms with Crippen LogP contribution in [0.5, 0.6) is 0 Å². The maximum Gasteiger partial charge on any atom is 0.276 e. The highest BCUT2D eigenvalue weighted by atomic mass is 35.5. The fraction of sp³-hybridized carbons (Fsp3) is 0.0909. The number of nitrogens with one attached hydrogen (secondary N) is 2. The zero-order valence-corrected chi connectivity index (χ0v) is 11.5. The van der Waals surface area contributed by atoms with Crippen molar-refractivity contribution >= 4 is 46.4 Å². The molecule has 1 aromatic heterocycles. The monoisotopic (exact) mass is 303 g/mol. The van der Waals surface area contributed by atoms with Crippen molar-refractivity contribution in [2.45, 2.75) is 6.92 Å². The van der Waals surface area contributed by atoms with Crippen LogP contribution >= 0.6 is 34.8 Å². The second kappa shape index (κ2) is 5.18. The Balaban J connectivity index is 2.27. The number of H-pyrrole nitrogens is 1. The van der Waals surface area contributed by atoms with E-state index in [1.807, 2.05) is 0 Å². The van der Waals surface area contributed by atoms with Gasteiger partial charge >= 0.3 is 0 Å². The van der Waals surface area contributed by atoms with Gasteiger partial charge in [0, 0.05) is 10.7 Å². The van der Waals surface area contributed by atoms with Crippen molar-refractivity contribution in [3.8, 4) is 0 Å². The molecule has 1 amide bonds. The van der Waals surface area contributed by atoms with Gasteiger partial charge < -0.3 is 5.32 Å². The van der Waals surface area contributed by atoms with Gasteiger partial charge in [0.25, 0.3) is 5.91 Å². The Kier molecular flexibility index (Phi) is 3.80. The summed E-state index contributed by atoms with van der Waals surface area (Å²) in [5, 5.41) is 10.1. The van der Waals surface area contributed by atoms with E-state index in [0.29, 0.717) is 10.7 Å². The van der Waals surface area contributed by atoms with Gasteiger partial charge in [0.1, 0.15) is 0 Å². The van der Waals surface area contributed by atoms with Gasteiger partial charge in [-0.2, -0.15) is 5.10 Å². The fourth-order valence-corrected chi connectivity index (χ4v) is 2.29. The summed E-state index contributed by atoms with van der Waals surface area (Å²) in [5.41, 5.74) is 1.36. The summed E-state index contributed by atoms with van der Waals surface area (Å²) in [4.78, 5) is 11.9. The molecule has 0 radical (unpaired) electrons. The number of halogens is 3. The quantitative estimate of drug-likeness (QED) is 0.883. The van der Waals surface area contributed by atoms with Crippen LogP contribution < -0.4 is 5.32 Å². The first-order chi connectivity index (χ1) is 8.47. The zero-order chi connectivity index (χ0) is 13.3. The molecule has 0 unspecified atom stereocenters. The van der Waals surface area contributed by atoms with Crippen molar-refractivity contribution < 1.29 is 4.79 Å². The van der Waals surface area contributed by atoms with Crippen molar-refractivity contribution in [2.75, 3.05) is 5.32 Å². The summed E-state index contributed by atoms with van der Waals surface area (Å²) in [6, 6.07) is 4.62. The highest BCUT2D eigenvalue weighted by Crippen LogP contribution is 2.33. The Hall–Kier alpha value is -1.23. The van der Waals surface area contributed by atoms with Crippen LogP contribution in [0, 0.1) is 6.92 Å². The second-order valence-corrected chi connectivity index (χ2v) is 4.89. The van der Waals surface area contributed by atoms with E-state index in [1.165, 1.54) is 12.1 Å². The molecule has 0 saturated heterocycles. The Morgan fingerprint density at radius 2 is 1.83 bits per heavy atom. The van der Waals surface area contributed by atoms with Crippen molar-refractivity contribution in [2.24, 2.45) is 0 Å². The van der Waals surface area contributed by atoms with Crippen LogP contribution in [0.4, 0.5) is 5.69 Å². The third-order valence-corrected chi connectivity index (χ3v) is 3.00. The molecule has 0 aliphatic carbocycles. The minimum atomic E-state index is -0.398. The second-order valence-electron chi connectivity index (χ2n) is 3.63. The van der Waals surface area contributed by atoms with Gasteiger partial charge in [-0.25, -0.2) is 0 Å². The maximum absolute atomic E-state index is 11.9. The summed E-state index contributed by atoms with van der Waals surface area (Å²) in [7, 11) is 0. The molecule has 2 rings (SSSR count). The first kappa shape index (κ1) is 13.2. The van der Waals surface area contributed by atoms with Gasteiger partial charge in [0.2, 0.25) is 0 Å². The molecule has 2 N–H and O–H groups in total. The molecule has 0 atom stereocenters. The molecule has 1 heterocycles. The highest BCUT2D eigenvalue weighted by Gasteiger charge is 2.14. The number of aromatic nitrogens is 2. The van der Waals surface area contributed by atoms with Crippen LogP contribution in [-0.2, 0) is 0 Å². The molecule has 18 heavy (non-hydrogen) atoms. The van der Waals surface area contributed by atoms with Gasteiger partial charge in [-0.3, -0.25) is 9.89 Å². The summed E-state index contributed by atoms with van der Waals surface area (Å²) in [5.74, 6) is -0.398. The van der Waals surface area contributed by atoms with E-state index in [-0.39, 0.29) is 15.7 Å². The molecule has 0 bridgehead atoms. The molecule has 2 aromatic rings. The van der Waals surface area contributed by atoms with Crippen molar-refractivity contribution in [3.63, 3.8) is 0 Å². The lowest BCUT2D eigenvalue weighted by atomic mass is 10.3. The number of benzene rings is 1. The average Bonchev–Trinajstić information content (AvgIpc) is 2.70. The lowest BCUT2D eigenvalue weighted by molar-refractivity contribution is 0.102. The summed E-state index contributed by atoms with van der Waals surface area (Å²) in [6.45, 7) is 1.80. The number of hydrogen-bond acceptors (Lipinski definition) is 2. The van der Waals surface area contributed by atoms with E-state index in [0.717, 1.165) is 5.69 Å². The average molecular weight is 305 g/mol. The smallest absolute Gasteiger partial charge is 0.276 e. The van der Waals surface area contributed by atoms with Crippen LogP contribution in [0.1, 0.15) is 16.2 Å². The minimum absolute atomic E-state index is 0.259. The van der Waals surface area contributed by atoms with Gasteiger partial charge in [0.15, 0.2) is 5.69 Å². The first-order valence-electron chi connectivity index (χ1n) is 4.95. The third kappa shape index (κ3) is 2.77. The Morgan fingerprint density at radius 1 is 1.22 bits per heavy atom. The molecular formula is C11H8Cl3N3O. The minimum Gasteiger partial charge on any atom is -0.318 e. The van der Waals surface area contributed by atoms with E-state index < -0.39 is 5.91 Å². The maximum atomic E-state index is 11.9. The predicted octanol–water partition coefficient (Wildman–Crippen LogP) is 3.93. The highest BCUT2D eigenvalue weighted by molar-refractivity contribution is 6.42. The largest absolute Gasteiger partial charge is 0.318 e. The van der Waals surface area contributed by atoms with E-state index in [4.69, 9.17) is 34.8 Å². The Bertz CT molecular complexity index is 586. The van der Waals surface area contributed by atoms with Crippen molar-refractivity contribution in [1.82, 2.24) is 10.2 Å². The van der Waals surface area contributed by atoms with Crippen LogP contribution in [-0.4, -0.2) is 16.1 Å². The molecule has 0 aliphatic rings. The number of amides is 1. The van der Waals surface area contributed by atoms with Crippen molar-refractivity contribution in [3.05, 3.63) is 44.7 Å². The lowest BCUT2D eigenvalue weighted by Gasteiger charge is -2.08. The van der Waals surface area contributed by atoms with E-state index in [2.05, 4.69) is 15.5 Å². The summed E-state index contributed by atoms with van der Waals surface area (Å²) >= 11 is 17.7. The summed E-state index contributed by atoms with van der Waals surface area (Å²) < 4.78 is 0. The van der Waals surface area contributed by atoms with Crippen LogP contribution in [0.2, 0.25) is 15.1 Å². The predicted molar refractivity (Wildman–Crippen MR) is 72.7 cm³/mol. The third-order valence-electron chi connectivity index (χ3n) is 2.18. The van der Waals surface area contributed by atoms with Gasteiger partial charge in [0.05, 0.1) is 15.7 Å². The van der Waals surface area contributed by atoms with Gasteiger partial charge in [-0.15, -0.1) is 0 Å². The molecule has 1 aromatic carbocycles. The Morgan fingerprint density at radius 3 is 2.33 bits per heavy atom. The van der Waals surface area contributed by atoms with E-state index >= 15 is 0 Å². The summed E-state index contributed by atoms with van der Waals surface area (Å²) in [6.07, 6.45) is 0. The van der Waals surface area contributed by atoms with Crippen molar-refractivity contribution in [1.29, 1.82) is 0 Å². The van der Waals surface area contributed by atoms with E-state index in [9.17, 15) is 4.79 Å². The van der Waals surface area contributed by atoms with Crippen LogP contribution in [0.25, 0.3) is 0 Å². The number of nitrogens with zero attached hydrogens (tertiary/aromatic N) is 1. The standard InChI is InChI=1S/C11H8Cl3N3O/c1-5-2-9(17-16-5)11(18)15-10-7(13)3-6(12)4-8(10)14/h2-4H,1H3,(H,15,18)(H,16,17). The van der Waals surface area contributed by atoms with Gasteiger partial charge in [-0.05, 0) is 25.1 Å². The molecule has 0 fully saturated rings. The van der Waals surface area contributed by atoms with Crippen LogP contribution in [0.3, 0.4) is 0 Å². The SMILES string of the molecule is Cc1cc(C(=O)Nc2c(Cl)cc(Cl)cc2Cl)n[nH]1. The number of carbonyl (C=O) groups excluding carboxylic acids is 1. The lowest BCUT2D eigenvalue weighted by Crippen LogP contribution is -2.13. The molecule has 4 nitrogen and oxygen atoms in total. The zero-order valence-electron chi connectivity index (χ0n) is 9.22. The Labute approximate surface area is 118 Å².